The molecule has 0 radical (unpaired) electrons. The van der Waals surface area contributed by atoms with Gasteiger partial charge < -0.3 is 5.32 Å². The molecule has 0 bridgehead atoms. The van der Waals surface area contributed by atoms with Gasteiger partial charge in [0.2, 0.25) is 0 Å². The minimum Gasteiger partial charge on any atom is -0.316 e. The molecule has 1 heterocycles. The number of fused-ring (bicyclic) bond motifs is 1. The molecule has 92 valence electrons. The van der Waals surface area contributed by atoms with E-state index in [1.807, 2.05) is 12.1 Å². The smallest absolute Gasteiger partial charge is 0.123 e. The molecule has 1 N–H and O–H groups in total. The number of hydrogen-bond donors (Lipinski definition) is 1. The van der Waals surface area contributed by atoms with Gasteiger partial charge >= 0.3 is 0 Å². The Morgan fingerprint density at radius 1 is 1.12 bits per heavy atom. The number of halogens is 1. The Balaban J connectivity index is 1.69. The molecule has 1 nitrogen and oxygen atoms in total. The van der Waals surface area contributed by atoms with Gasteiger partial charge in [-0.3, -0.25) is 0 Å². The topological polar surface area (TPSA) is 12.0 Å². The Hall–Kier alpha value is -0.890. The summed E-state index contributed by atoms with van der Waals surface area (Å²) < 4.78 is 12.9. The highest BCUT2D eigenvalue weighted by Gasteiger charge is 2.36. The highest BCUT2D eigenvalue weighted by Crippen LogP contribution is 2.38. The third kappa shape index (κ3) is 2.37. The Labute approximate surface area is 102 Å². The second-order valence-electron chi connectivity index (χ2n) is 5.60. The van der Waals surface area contributed by atoms with Crippen molar-refractivity contribution in [3.8, 4) is 0 Å². The first kappa shape index (κ1) is 11.2. The van der Waals surface area contributed by atoms with Crippen molar-refractivity contribution in [3.63, 3.8) is 0 Å². The normalized spacial score (nSPS) is 32.4. The van der Waals surface area contributed by atoms with Gasteiger partial charge in [-0.25, -0.2) is 4.39 Å². The van der Waals surface area contributed by atoms with Crippen molar-refractivity contribution in [2.75, 3.05) is 13.1 Å². The maximum atomic E-state index is 12.9. The Kier molecular flexibility index (Phi) is 3.15. The fourth-order valence-electron chi connectivity index (χ4n) is 3.65. The van der Waals surface area contributed by atoms with Crippen LogP contribution in [-0.4, -0.2) is 13.1 Å². The molecule has 2 fully saturated rings. The maximum Gasteiger partial charge on any atom is 0.123 e. The van der Waals surface area contributed by atoms with Gasteiger partial charge in [0.1, 0.15) is 5.82 Å². The summed E-state index contributed by atoms with van der Waals surface area (Å²) in [7, 11) is 0. The summed E-state index contributed by atoms with van der Waals surface area (Å²) in [5.41, 5.74) is 1.30. The van der Waals surface area contributed by atoms with Crippen molar-refractivity contribution in [1.82, 2.24) is 5.32 Å². The van der Waals surface area contributed by atoms with E-state index in [0.29, 0.717) is 0 Å². The zero-order valence-electron chi connectivity index (χ0n) is 10.2. The Morgan fingerprint density at radius 3 is 2.76 bits per heavy atom. The molecular weight excluding hydrogens is 213 g/mol. The first-order valence-corrected chi connectivity index (χ1v) is 6.78. The standard InChI is InChI=1S/C15H20FN/c16-14-6-4-11(5-7-14)8-12-2-1-3-13-9-17-10-15(12)13/h4-7,12-13,15,17H,1-3,8-10H2. The quantitative estimate of drug-likeness (QED) is 0.828. The SMILES string of the molecule is Fc1ccc(CC2CCCC3CNCC32)cc1. The van der Waals surface area contributed by atoms with E-state index >= 15 is 0 Å². The van der Waals surface area contributed by atoms with Crippen LogP contribution in [0, 0.1) is 23.6 Å². The van der Waals surface area contributed by atoms with E-state index in [4.69, 9.17) is 0 Å². The summed E-state index contributed by atoms with van der Waals surface area (Å²) in [5.74, 6) is 2.43. The average Bonchev–Trinajstić information content (AvgIpc) is 2.81. The third-order valence-corrected chi connectivity index (χ3v) is 4.56. The zero-order valence-corrected chi connectivity index (χ0v) is 10.2. The molecule has 0 spiro atoms. The second-order valence-corrected chi connectivity index (χ2v) is 5.60. The summed E-state index contributed by atoms with van der Waals surface area (Å²) in [6.45, 7) is 2.40. The van der Waals surface area contributed by atoms with Gasteiger partial charge in [-0.2, -0.15) is 0 Å². The van der Waals surface area contributed by atoms with Crippen LogP contribution in [0.5, 0.6) is 0 Å². The predicted molar refractivity (Wildman–Crippen MR) is 67.3 cm³/mol. The van der Waals surface area contributed by atoms with Crippen LogP contribution >= 0.6 is 0 Å². The molecule has 3 atom stereocenters. The summed E-state index contributed by atoms with van der Waals surface area (Å²) in [5, 5.41) is 3.53. The van der Waals surface area contributed by atoms with Gasteiger partial charge in [-0.15, -0.1) is 0 Å². The summed E-state index contributed by atoms with van der Waals surface area (Å²) in [4.78, 5) is 0. The van der Waals surface area contributed by atoms with Gasteiger partial charge in [0.05, 0.1) is 0 Å². The molecule has 1 saturated heterocycles. The van der Waals surface area contributed by atoms with Gasteiger partial charge in [0.15, 0.2) is 0 Å². The fourth-order valence-corrected chi connectivity index (χ4v) is 3.65. The van der Waals surface area contributed by atoms with Crippen molar-refractivity contribution < 1.29 is 4.39 Å². The zero-order chi connectivity index (χ0) is 11.7. The van der Waals surface area contributed by atoms with Crippen LogP contribution in [0.2, 0.25) is 0 Å². The Morgan fingerprint density at radius 2 is 1.94 bits per heavy atom. The van der Waals surface area contributed by atoms with Crippen molar-refractivity contribution >= 4 is 0 Å². The molecule has 0 aromatic heterocycles. The highest BCUT2D eigenvalue weighted by atomic mass is 19.1. The van der Waals surface area contributed by atoms with Crippen molar-refractivity contribution in [3.05, 3.63) is 35.6 Å². The van der Waals surface area contributed by atoms with E-state index in [1.54, 1.807) is 12.1 Å². The van der Waals surface area contributed by atoms with Crippen molar-refractivity contribution in [2.45, 2.75) is 25.7 Å². The third-order valence-electron chi connectivity index (χ3n) is 4.56. The number of benzene rings is 1. The molecule has 3 rings (SSSR count). The van der Waals surface area contributed by atoms with Crippen LogP contribution in [0.1, 0.15) is 24.8 Å². The molecule has 1 aromatic rings. The van der Waals surface area contributed by atoms with E-state index in [1.165, 1.54) is 37.9 Å². The van der Waals surface area contributed by atoms with Gasteiger partial charge in [-0.05, 0) is 67.8 Å². The largest absolute Gasteiger partial charge is 0.316 e. The molecule has 2 aliphatic rings. The Bertz CT molecular complexity index is 373. The summed E-state index contributed by atoms with van der Waals surface area (Å²) in [6.07, 6.45) is 5.25. The highest BCUT2D eigenvalue weighted by molar-refractivity contribution is 5.17. The van der Waals surface area contributed by atoms with Gasteiger partial charge in [-0.1, -0.05) is 18.6 Å². The van der Waals surface area contributed by atoms with Crippen molar-refractivity contribution in [2.24, 2.45) is 17.8 Å². The lowest BCUT2D eigenvalue weighted by molar-refractivity contribution is 0.198. The summed E-state index contributed by atoms with van der Waals surface area (Å²) >= 11 is 0. The van der Waals surface area contributed by atoms with Crippen molar-refractivity contribution in [1.29, 1.82) is 0 Å². The first-order chi connectivity index (χ1) is 8.33. The minimum atomic E-state index is -0.127. The predicted octanol–water partition coefficient (Wildman–Crippen LogP) is 3.00. The molecule has 3 unspecified atom stereocenters. The fraction of sp³-hybridized carbons (Fsp3) is 0.600. The molecule has 1 aliphatic carbocycles. The molecule has 1 saturated carbocycles. The minimum absolute atomic E-state index is 0.127. The molecular formula is C15H20FN. The lowest BCUT2D eigenvalue weighted by atomic mass is 9.71. The van der Waals surface area contributed by atoms with Gasteiger partial charge in [0, 0.05) is 0 Å². The number of rotatable bonds is 2. The van der Waals surface area contributed by atoms with E-state index < -0.39 is 0 Å². The van der Waals surface area contributed by atoms with Crippen LogP contribution in [0.15, 0.2) is 24.3 Å². The molecule has 2 heteroatoms. The first-order valence-electron chi connectivity index (χ1n) is 6.78. The molecule has 1 aliphatic heterocycles. The van der Waals surface area contributed by atoms with E-state index in [2.05, 4.69) is 5.32 Å². The van der Waals surface area contributed by atoms with Gasteiger partial charge in [0.25, 0.3) is 0 Å². The monoisotopic (exact) mass is 233 g/mol. The molecule has 17 heavy (non-hydrogen) atoms. The molecule has 1 aromatic carbocycles. The van der Waals surface area contributed by atoms with E-state index in [-0.39, 0.29) is 5.82 Å². The van der Waals surface area contributed by atoms with Crippen LogP contribution in [0.4, 0.5) is 4.39 Å². The number of hydrogen-bond acceptors (Lipinski definition) is 1. The average molecular weight is 233 g/mol. The van der Waals surface area contributed by atoms with Crippen LogP contribution in [0.3, 0.4) is 0 Å². The second kappa shape index (κ2) is 4.77. The molecule has 0 amide bonds. The van der Waals surface area contributed by atoms with E-state index in [0.717, 1.165) is 24.2 Å². The van der Waals surface area contributed by atoms with E-state index in [9.17, 15) is 4.39 Å². The number of nitrogens with one attached hydrogen (secondary N) is 1. The lowest BCUT2D eigenvalue weighted by Gasteiger charge is -2.33. The lowest BCUT2D eigenvalue weighted by Crippen LogP contribution is -2.28. The summed E-state index contributed by atoms with van der Waals surface area (Å²) in [6, 6.07) is 7.06. The van der Waals surface area contributed by atoms with Crippen LogP contribution < -0.4 is 5.32 Å². The van der Waals surface area contributed by atoms with Crippen LogP contribution in [-0.2, 0) is 6.42 Å². The van der Waals surface area contributed by atoms with Crippen LogP contribution in [0.25, 0.3) is 0 Å². The maximum absolute atomic E-state index is 12.9.